The van der Waals surface area contributed by atoms with Crippen LogP contribution in [0, 0.1) is 5.82 Å². The van der Waals surface area contributed by atoms with Crippen LogP contribution in [0.2, 0.25) is 5.02 Å². The summed E-state index contributed by atoms with van der Waals surface area (Å²) in [5.41, 5.74) is -0.00694. The Balaban J connectivity index is 3.03. The van der Waals surface area contributed by atoms with Crippen LogP contribution in [-0.4, -0.2) is 8.42 Å². The molecule has 0 spiro atoms. The number of rotatable bonds is 2. The summed E-state index contributed by atoms with van der Waals surface area (Å²) in [5, 5.41) is 0.0404. The van der Waals surface area contributed by atoms with Gasteiger partial charge in [0, 0.05) is 5.02 Å². The van der Waals surface area contributed by atoms with E-state index in [2.05, 4.69) is 0 Å². The van der Waals surface area contributed by atoms with Gasteiger partial charge in [-0.15, -0.1) is 3.89 Å². The topological polar surface area (TPSA) is 34.1 Å². The summed E-state index contributed by atoms with van der Waals surface area (Å²) in [6.45, 7) is 0. The maximum Gasteiger partial charge on any atom is 0.306 e. The van der Waals surface area contributed by atoms with Gasteiger partial charge in [0.15, 0.2) is 0 Å². The summed E-state index contributed by atoms with van der Waals surface area (Å²) in [7, 11) is -4.64. The van der Waals surface area contributed by atoms with Crippen molar-refractivity contribution in [1.29, 1.82) is 0 Å². The third kappa shape index (κ3) is 3.69. The molecule has 0 aliphatic heterocycles. The fourth-order valence-electron chi connectivity index (χ4n) is 0.893. The minimum absolute atomic E-state index is 0.00694. The molecule has 0 heterocycles. The molecule has 0 aliphatic carbocycles. The molecule has 13 heavy (non-hydrogen) atoms. The van der Waals surface area contributed by atoms with Crippen LogP contribution >= 0.6 is 11.6 Å². The van der Waals surface area contributed by atoms with E-state index < -0.39 is 21.8 Å². The molecule has 1 aromatic carbocycles. The highest BCUT2D eigenvalue weighted by atomic mass is 35.5. The van der Waals surface area contributed by atoms with Crippen LogP contribution in [0.25, 0.3) is 0 Å². The molecule has 0 bridgehead atoms. The maximum absolute atomic E-state index is 12.6. The molecule has 0 saturated heterocycles. The summed E-state index contributed by atoms with van der Waals surface area (Å²) in [6.07, 6.45) is 0. The van der Waals surface area contributed by atoms with Gasteiger partial charge in [-0.2, -0.15) is 8.42 Å². The number of halogens is 3. The lowest BCUT2D eigenvalue weighted by Gasteiger charge is -1.98. The van der Waals surface area contributed by atoms with Crippen molar-refractivity contribution in [1.82, 2.24) is 0 Å². The molecule has 6 heteroatoms. The monoisotopic (exact) mass is 226 g/mol. The minimum atomic E-state index is -4.64. The second-order valence-electron chi connectivity index (χ2n) is 2.46. The molecule has 0 aromatic heterocycles. The van der Waals surface area contributed by atoms with E-state index in [1.54, 1.807) is 0 Å². The highest BCUT2D eigenvalue weighted by Gasteiger charge is 2.10. The Bertz CT molecular complexity index is 396. The first kappa shape index (κ1) is 10.4. The molecular weight excluding hydrogens is 222 g/mol. The third-order valence-corrected chi connectivity index (χ3v) is 2.16. The van der Waals surface area contributed by atoms with E-state index in [-0.39, 0.29) is 10.6 Å². The van der Waals surface area contributed by atoms with Crippen LogP contribution in [-0.2, 0) is 16.0 Å². The molecule has 0 saturated carbocycles. The van der Waals surface area contributed by atoms with E-state index in [9.17, 15) is 16.7 Å². The largest absolute Gasteiger partial charge is 0.306 e. The van der Waals surface area contributed by atoms with Gasteiger partial charge in [-0.1, -0.05) is 11.6 Å². The van der Waals surface area contributed by atoms with E-state index in [1.165, 1.54) is 6.07 Å². The number of benzene rings is 1. The predicted octanol–water partition coefficient (Wildman–Crippen LogP) is 2.28. The number of hydrogen-bond donors (Lipinski definition) is 0. The molecule has 2 nitrogen and oxygen atoms in total. The van der Waals surface area contributed by atoms with Gasteiger partial charge in [0.1, 0.15) is 11.6 Å². The van der Waals surface area contributed by atoms with Gasteiger partial charge in [-0.05, 0) is 23.8 Å². The smallest absolute Gasteiger partial charge is 0.207 e. The molecule has 0 aliphatic rings. The molecule has 0 N–H and O–H groups in total. The Kier molecular flexibility index (Phi) is 2.87. The summed E-state index contributed by atoms with van der Waals surface area (Å²) >= 11 is 5.42. The minimum Gasteiger partial charge on any atom is -0.207 e. The normalized spacial score (nSPS) is 11.6. The van der Waals surface area contributed by atoms with E-state index in [1.807, 2.05) is 0 Å². The standard InChI is InChI=1S/C7H5ClF2O2S/c8-6-1-5(2-7(9)3-6)4-13(10,11)12/h1-3H,4H2. The SMILES string of the molecule is O=S(=O)(F)Cc1cc(F)cc(Cl)c1. The van der Waals surface area contributed by atoms with Crippen molar-refractivity contribution in [3.63, 3.8) is 0 Å². The fraction of sp³-hybridized carbons (Fsp3) is 0.143. The molecule has 0 fully saturated rings. The average Bonchev–Trinajstić information content (AvgIpc) is 1.78. The molecule has 72 valence electrons. The summed E-state index contributed by atoms with van der Waals surface area (Å²) in [6, 6.07) is 3.13. The third-order valence-electron chi connectivity index (χ3n) is 1.26. The Morgan fingerprint density at radius 1 is 1.31 bits per heavy atom. The Morgan fingerprint density at radius 3 is 2.38 bits per heavy atom. The maximum atomic E-state index is 12.6. The van der Waals surface area contributed by atoms with Crippen LogP contribution in [0.3, 0.4) is 0 Å². The van der Waals surface area contributed by atoms with Crippen LogP contribution in [0.4, 0.5) is 8.28 Å². The van der Waals surface area contributed by atoms with Gasteiger partial charge >= 0.3 is 10.2 Å². The van der Waals surface area contributed by atoms with Gasteiger partial charge in [0.2, 0.25) is 0 Å². The van der Waals surface area contributed by atoms with Crippen molar-refractivity contribution in [2.75, 3.05) is 0 Å². The van der Waals surface area contributed by atoms with Crippen LogP contribution in [0.5, 0.6) is 0 Å². The second-order valence-corrected chi connectivity index (χ2v) is 4.26. The van der Waals surface area contributed by atoms with Gasteiger partial charge in [0.05, 0.1) is 0 Å². The Labute approximate surface area is 79.4 Å². The van der Waals surface area contributed by atoms with Crippen molar-refractivity contribution >= 4 is 21.8 Å². The predicted molar refractivity (Wildman–Crippen MR) is 45.1 cm³/mol. The molecule has 0 amide bonds. The van der Waals surface area contributed by atoms with E-state index >= 15 is 0 Å². The van der Waals surface area contributed by atoms with Crippen molar-refractivity contribution in [2.45, 2.75) is 5.75 Å². The van der Waals surface area contributed by atoms with Crippen LogP contribution in [0.1, 0.15) is 5.56 Å². The highest BCUT2D eigenvalue weighted by Crippen LogP contribution is 2.16. The molecule has 1 aromatic rings. The Morgan fingerprint density at radius 2 is 1.92 bits per heavy atom. The zero-order valence-corrected chi connectivity index (χ0v) is 7.87. The van der Waals surface area contributed by atoms with Gasteiger partial charge in [0.25, 0.3) is 0 Å². The van der Waals surface area contributed by atoms with Crippen LogP contribution < -0.4 is 0 Å². The molecule has 0 atom stereocenters. The summed E-state index contributed by atoms with van der Waals surface area (Å²) < 4.78 is 45.1. The van der Waals surface area contributed by atoms with Crippen molar-refractivity contribution in [3.8, 4) is 0 Å². The molecule has 0 radical (unpaired) electrons. The van der Waals surface area contributed by atoms with Crippen LogP contribution in [0.15, 0.2) is 18.2 Å². The second kappa shape index (κ2) is 3.59. The highest BCUT2D eigenvalue weighted by molar-refractivity contribution is 7.85. The fourth-order valence-corrected chi connectivity index (χ4v) is 1.70. The molecular formula is C7H5ClF2O2S. The summed E-state index contributed by atoms with van der Waals surface area (Å²) in [5.74, 6) is -1.55. The van der Waals surface area contributed by atoms with E-state index in [4.69, 9.17) is 11.6 Å². The lowest BCUT2D eigenvalue weighted by molar-refractivity contribution is 0.551. The van der Waals surface area contributed by atoms with Crippen molar-refractivity contribution < 1.29 is 16.7 Å². The molecule has 0 unspecified atom stereocenters. The Hall–Kier alpha value is -0.680. The van der Waals surface area contributed by atoms with Gasteiger partial charge in [-0.25, -0.2) is 4.39 Å². The first-order chi connectivity index (χ1) is 5.87. The molecule has 1 rings (SSSR count). The average molecular weight is 227 g/mol. The van der Waals surface area contributed by atoms with Gasteiger partial charge < -0.3 is 0 Å². The number of hydrogen-bond acceptors (Lipinski definition) is 2. The lowest BCUT2D eigenvalue weighted by Crippen LogP contribution is -1.96. The van der Waals surface area contributed by atoms with Crippen molar-refractivity contribution in [3.05, 3.63) is 34.6 Å². The lowest BCUT2D eigenvalue weighted by atomic mass is 10.2. The van der Waals surface area contributed by atoms with Gasteiger partial charge in [-0.3, -0.25) is 0 Å². The quantitative estimate of drug-likeness (QED) is 0.725. The first-order valence-electron chi connectivity index (χ1n) is 3.24. The van der Waals surface area contributed by atoms with E-state index in [0.29, 0.717) is 0 Å². The summed E-state index contributed by atoms with van der Waals surface area (Å²) in [4.78, 5) is 0. The zero-order valence-electron chi connectivity index (χ0n) is 6.30. The zero-order chi connectivity index (χ0) is 10.1. The van der Waals surface area contributed by atoms with E-state index in [0.717, 1.165) is 12.1 Å². The van der Waals surface area contributed by atoms with Crippen molar-refractivity contribution in [2.24, 2.45) is 0 Å². The first-order valence-corrected chi connectivity index (χ1v) is 5.17.